The Kier molecular flexibility index (Phi) is 3.40. The summed E-state index contributed by atoms with van der Waals surface area (Å²) in [5, 5.41) is 3.93. The van der Waals surface area contributed by atoms with E-state index in [9.17, 15) is 4.79 Å². The fraction of sp³-hybridized carbons (Fsp3) is 0.462. The van der Waals surface area contributed by atoms with E-state index in [2.05, 4.69) is 5.32 Å². The molecular weight excluding hydrogens is 236 g/mol. The van der Waals surface area contributed by atoms with Crippen molar-refractivity contribution in [2.45, 2.75) is 6.42 Å². The van der Waals surface area contributed by atoms with Gasteiger partial charge in [-0.2, -0.15) is 0 Å². The summed E-state index contributed by atoms with van der Waals surface area (Å²) in [6, 6.07) is 7.73. The highest BCUT2D eigenvalue weighted by atomic mass is 35.5. The van der Waals surface area contributed by atoms with Gasteiger partial charge in [0.15, 0.2) is 0 Å². The maximum absolute atomic E-state index is 12.2. The predicted molar refractivity (Wildman–Crippen MR) is 69.2 cm³/mol. The summed E-state index contributed by atoms with van der Waals surface area (Å²) < 4.78 is 0. The van der Waals surface area contributed by atoms with Crippen LogP contribution in [0.25, 0.3) is 0 Å². The molecule has 4 heteroatoms. The molecule has 0 atom stereocenters. The molecule has 0 spiro atoms. The van der Waals surface area contributed by atoms with Crippen LogP contribution in [0.2, 0.25) is 5.02 Å². The molecule has 1 aromatic carbocycles. The highest BCUT2D eigenvalue weighted by Crippen LogP contribution is 2.30. The quantitative estimate of drug-likeness (QED) is 0.886. The standard InChI is InChI=1S/C13H17ClN2O/c1-16(2)12(17)13(8-15-9-13)7-10-3-5-11(14)6-4-10/h3-6,15H,7-9H2,1-2H3. The van der Waals surface area contributed by atoms with Crippen molar-refractivity contribution in [3.8, 4) is 0 Å². The number of carbonyl (C=O) groups excluding carboxylic acids is 1. The third kappa shape index (κ3) is 2.45. The van der Waals surface area contributed by atoms with Crippen molar-refractivity contribution in [1.82, 2.24) is 10.2 Å². The van der Waals surface area contributed by atoms with Crippen LogP contribution in [0.4, 0.5) is 0 Å². The Morgan fingerprint density at radius 3 is 2.35 bits per heavy atom. The number of rotatable bonds is 3. The van der Waals surface area contributed by atoms with Crippen LogP contribution >= 0.6 is 11.6 Å². The summed E-state index contributed by atoms with van der Waals surface area (Å²) in [6.45, 7) is 1.51. The van der Waals surface area contributed by atoms with Crippen molar-refractivity contribution in [3.63, 3.8) is 0 Å². The number of nitrogens with one attached hydrogen (secondary N) is 1. The minimum absolute atomic E-state index is 0.200. The third-order valence-corrected chi connectivity index (χ3v) is 3.49. The zero-order chi connectivity index (χ0) is 12.5. The summed E-state index contributed by atoms with van der Waals surface area (Å²) >= 11 is 5.86. The van der Waals surface area contributed by atoms with E-state index in [-0.39, 0.29) is 11.3 Å². The van der Waals surface area contributed by atoms with Crippen molar-refractivity contribution in [2.24, 2.45) is 5.41 Å². The second-order valence-corrected chi connectivity index (χ2v) is 5.32. The number of halogens is 1. The molecule has 2 rings (SSSR count). The lowest BCUT2D eigenvalue weighted by atomic mass is 9.75. The summed E-state index contributed by atoms with van der Waals surface area (Å²) in [4.78, 5) is 13.9. The highest BCUT2D eigenvalue weighted by Gasteiger charge is 2.44. The van der Waals surface area contributed by atoms with E-state index in [0.29, 0.717) is 0 Å². The lowest BCUT2D eigenvalue weighted by Gasteiger charge is -2.42. The van der Waals surface area contributed by atoms with Crippen molar-refractivity contribution in [3.05, 3.63) is 34.9 Å². The van der Waals surface area contributed by atoms with Gasteiger partial charge in [-0.15, -0.1) is 0 Å². The van der Waals surface area contributed by atoms with Crippen LogP contribution in [-0.2, 0) is 11.2 Å². The van der Waals surface area contributed by atoms with Gasteiger partial charge >= 0.3 is 0 Å². The molecule has 0 saturated carbocycles. The highest BCUT2D eigenvalue weighted by molar-refractivity contribution is 6.30. The Morgan fingerprint density at radius 2 is 1.94 bits per heavy atom. The monoisotopic (exact) mass is 252 g/mol. The van der Waals surface area contributed by atoms with Crippen molar-refractivity contribution >= 4 is 17.5 Å². The third-order valence-electron chi connectivity index (χ3n) is 3.24. The predicted octanol–water partition coefficient (Wildman–Crippen LogP) is 1.56. The minimum Gasteiger partial charge on any atom is -0.348 e. The van der Waals surface area contributed by atoms with Gasteiger partial charge < -0.3 is 10.2 Å². The Bertz CT molecular complexity index is 410. The van der Waals surface area contributed by atoms with Gasteiger partial charge in [-0.25, -0.2) is 0 Å². The average Bonchev–Trinajstić information content (AvgIpc) is 2.25. The number of benzene rings is 1. The van der Waals surface area contributed by atoms with Gasteiger partial charge in [0.2, 0.25) is 5.91 Å². The van der Waals surface area contributed by atoms with Gasteiger partial charge in [0.25, 0.3) is 0 Å². The van der Waals surface area contributed by atoms with Crippen LogP contribution in [-0.4, -0.2) is 38.0 Å². The van der Waals surface area contributed by atoms with E-state index >= 15 is 0 Å². The minimum atomic E-state index is -0.267. The Balaban J connectivity index is 2.15. The topological polar surface area (TPSA) is 32.3 Å². The smallest absolute Gasteiger partial charge is 0.231 e. The SMILES string of the molecule is CN(C)C(=O)C1(Cc2ccc(Cl)cc2)CNC1. The number of hydrogen-bond donors (Lipinski definition) is 1. The van der Waals surface area contributed by atoms with Crippen LogP contribution in [0.3, 0.4) is 0 Å². The fourth-order valence-electron chi connectivity index (χ4n) is 2.25. The molecule has 92 valence electrons. The lowest BCUT2D eigenvalue weighted by molar-refractivity contribution is -0.142. The average molecular weight is 253 g/mol. The molecule has 0 radical (unpaired) electrons. The molecule has 1 aromatic rings. The summed E-state index contributed by atoms with van der Waals surface area (Å²) in [5.41, 5.74) is 0.892. The molecule has 1 amide bonds. The molecule has 1 aliphatic rings. The van der Waals surface area contributed by atoms with E-state index in [0.717, 1.165) is 30.1 Å². The zero-order valence-corrected chi connectivity index (χ0v) is 10.9. The first-order chi connectivity index (χ1) is 8.03. The maximum Gasteiger partial charge on any atom is 0.231 e. The second kappa shape index (κ2) is 4.67. The first-order valence-electron chi connectivity index (χ1n) is 5.70. The van der Waals surface area contributed by atoms with Crippen LogP contribution in [0.15, 0.2) is 24.3 Å². The van der Waals surface area contributed by atoms with E-state index in [1.807, 2.05) is 38.4 Å². The first kappa shape index (κ1) is 12.4. The van der Waals surface area contributed by atoms with Gasteiger partial charge in [-0.05, 0) is 24.1 Å². The Morgan fingerprint density at radius 1 is 1.35 bits per heavy atom. The van der Waals surface area contributed by atoms with E-state index in [1.54, 1.807) is 4.90 Å². The lowest BCUT2D eigenvalue weighted by Crippen LogP contribution is -2.62. The summed E-state index contributed by atoms with van der Waals surface area (Å²) in [6.07, 6.45) is 0.772. The van der Waals surface area contributed by atoms with Crippen molar-refractivity contribution in [2.75, 3.05) is 27.2 Å². The molecule has 1 aliphatic heterocycles. The van der Waals surface area contributed by atoms with Crippen LogP contribution in [0, 0.1) is 5.41 Å². The number of carbonyl (C=O) groups is 1. The molecule has 3 nitrogen and oxygen atoms in total. The Labute approximate surface area is 107 Å². The zero-order valence-electron chi connectivity index (χ0n) is 10.2. The number of hydrogen-bond acceptors (Lipinski definition) is 2. The normalized spacial score (nSPS) is 17.4. The number of amides is 1. The first-order valence-corrected chi connectivity index (χ1v) is 6.08. The van der Waals surface area contributed by atoms with Gasteiger partial charge in [0.05, 0.1) is 5.41 Å². The molecule has 1 N–H and O–H groups in total. The van der Waals surface area contributed by atoms with Crippen LogP contribution in [0.1, 0.15) is 5.56 Å². The number of nitrogens with zero attached hydrogens (tertiary/aromatic N) is 1. The fourth-order valence-corrected chi connectivity index (χ4v) is 2.37. The summed E-state index contributed by atoms with van der Waals surface area (Å²) in [5.74, 6) is 0.200. The van der Waals surface area contributed by atoms with E-state index in [4.69, 9.17) is 11.6 Å². The maximum atomic E-state index is 12.2. The molecule has 0 unspecified atom stereocenters. The summed E-state index contributed by atoms with van der Waals surface area (Å²) in [7, 11) is 3.62. The van der Waals surface area contributed by atoms with Gasteiger partial charge in [0, 0.05) is 32.2 Å². The van der Waals surface area contributed by atoms with Crippen molar-refractivity contribution in [1.29, 1.82) is 0 Å². The van der Waals surface area contributed by atoms with Crippen LogP contribution < -0.4 is 5.32 Å². The largest absolute Gasteiger partial charge is 0.348 e. The molecular formula is C13H17ClN2O. The second-order valence-electron chi connectivity index (χ2n) is 4.89. The van der Waals surface area contributed by atoms with Crippen LogP contribution in [0.5, 0.6) is 0 Å². The molecule has 0 aliphatic carbocycles. The van der Waals surface area contributed by atoms with Gasteiger partial charge in [-0.3, -0.25) is 4.79 Å². The molecule has 17 heavy (non-hydrogen) atoms. The Hall–Kier alpha value is -1.06. The molecule has 1 saturated heterocycles. The molecule has 1 heterocycles. The molecule has 1 fully saturated rings. The molecule has 0 bridgehead atoms. The van der Waals surface area contributed by atoms with E-state index in [1.165, 1.54) is 0 Å². The molecule has 0 aromatic heterocycles. The van der Waals surface area contributed by atoms with Gasteiger partial charge in [-0.1, -0.05) is 23.7 Å². The van der Waals surface area contributed by atoms with Crippen molar-refractivity contribution < 1.29 is 4.79 Å². The van der Waals surface area contributed by atoms with Gasteiger partial charge in [0.1, 0.15) is 0 Å². The van der Waals surface area contributed by atoms with E-state index < -0.39 is 0 Å².